The summed E-state index contributed by atoms with van der Waals surface area (Å²) in [6.07, 6.45) is 5.23. The van der Waals surface area contributed by atoms with Crippen LogP contribution in [0.25, 0.3) is 0 Å². The van der Waals surface area contributed by atoms with E-state index in [9.17, 15) is 0 Å². The van der Waals surface area contributed by atoms with Crippen LogP contribution in [0, 0.1) is 0 Å². The van der Waals surface area contributed by atoms with Crippen molar-refractivity contribution in [2.24, 2.45) is 5.10 Å². The van der Waals surface area contributed by atoms with Crippen LogP contribution < -0.4 is 20.4 Å². The summed E-state index contributed by atoms with van der Waals surface area (Å²) < 4.78 is 5.65. The lowest BCUT2D eigenvalue weighted by molar-refractivity contribution is 0.340. The molecule has 2 N–H and O–H groups in total. The van der Waals surface area contributed by atoms with Gasteiger partial charge in [-0.15, -0.1) is 0 Å². The second kappa shape index (κ2) is 10.4. The first kappa shape index (κ1) is 20.6. The fraction of sp³-hybridized carbons (Fsp3) is 0.304. The van der Waals surface area contributed by atoms with Crippen LogP contribution in [0.2, 0.25) is 0 Å². The molecule has 8 heteroatoms. The van der Waals surface area contributed by atoms with Gasteiger partial charge in [-0.2, -0.15) is 20.1 Å². The van der Waals surface area contributed by atoms with Crippen molar-refractivity contribution in [3.8, 4) is 5.75 Å². The van der Waals surface area contributed by atoms with Crippen molar-refractivity contribution < 1.29 is 4.74 Å². The lowest BCUT2D eigenvalue weighted by Crippen LogP contribution is -2.31. The molecule has 0 amide bonds. The quantitative estimate of drug-likeness (QED) is 0.413. The topological polar surface area (TPSA) is 87.6 Å². The SMILES string of the molecule is CCOc1ccccc1/C=N\Nc1nc(Nc2ccccc2)nc(N2CCCCC2)n1. The predicted octanol–water partition coefficient (Wildman–Crippen LogP) is 4.45. The standard InChI is InChI=1S/C23H27N7O/c1-2-31-20-14-8-7-11-18(20)17-24-29-22-26-21(25-19-12-5-3-6-13-19)27-23(28-22)30-15-9-4-10-16-30/h3,5-8,11-14,17H,2,4,9-10,15-16H2,1H3,(H2,25,26,27,28,29)/b24-17-. The molecule has 0 aliphatic carbocycles. The minimum absolute atomic E-state index is 0.388. The summed E-state index contributed by atoms with van der Waals surface area (Å²) in [7, 11) is 0. The van der Waals surface area contributed by atoms with Crippen molar-refractivity contribution in [2.45, 2.75) is 26.2 Å². The second-order valence-electron chi connectivity index (χ2n) is 7.16. The molecule has 1 aliphatic heterocycles. The van der Waals surface area contributed by atoms with Gasteiger partial charge in [-0.05, 0) is 50.5 Å². The van der Waals surface area contributed by atoms with Gasteiger partial charge in [0.15, 0.2) is 0 Å². The van der Waals surface area contributed by atoms with Crippen molar-refractivity contribution in [3.05, 3.63) is 60.2 Å². The Hall–Kier alpha value is -3.68. The molecule has 0 spiro atoms. The maximum absolute atomic E-state index is 5.65. The van der Waals surface area contributed by atoms with E-state index in [0.717, 1.165) is 42.9 Å². The Morgan fingerprint density at radius 3 is 2.48 bits per heavy atom. The van der Waals surface area contributed by atoms with Crippen LogP contribution in [0.5, 0.6) is 5.75 Å². The minimum atomic E-state index is 0.388. The van der Waals surface area contributed by atoms with Gasteiger partial charge >= 0.3 is 0 Å². The lowest BCUT2D eigenvalue weighted by atomic mass is 10.1. The Morgan fingerprint density at radius 1 is 0.935 bits per heavy atom. The average molecular weight is 418 g/mol. The van der Waals surface area contributed by atoms with Crippen LogP contribution in [0.15, 0.2) is 59.7 Å². The number of nitrogens with one attached hydrogen (secondary N) is 2. The highest BCUT2D eigenvalue weighted by Gasteiger charge is 2.16. The number of anilines is 4. The summed E-state index contributed by atoms with van der Waals surface area (Å²) in [5.74, 6) is 2.31. The number of aromatic nitrogens is 3. The molecule has 0 saturated carbocycles. The molecule has 2 heterocycles. The zero-order chi connectivity index (χ0) is 21.3. The van der Waals surface area contributed by atoms with Gasteiger partial charge in [-0.1, -0.05) is 30.3 Å². The van der Waals surface area contributed by atoms with Crippen molar-refractivity contribution >= 4 is 29.7 Å². The fourth-order valence-electron chi connectivity index (χ4n) is 3.39. The molecule has 160 valence electrons. The Kier molecular flexibility index (Phi) is 6.89. The summed E-state index contributed by atoms with van der Waals surface area (Å²) >= 11 is 0. The number of rotatable bonds is 8. The molecule has 31 heavy (non-hydrogen) atoms. The maximum atomic E-state index is 5.65. The third-order valence-electron chi connectivity index (χ3n) is 4.88. The number of nitrogens with zero attached hydrogens (tertiary/aromatic N) is 5. The highest BCUT2D eigenvalue weighted by atomic mass is 16.5. The molecular weight excluding hydrogens is 390 g/mol. The number of hydrogen-bond acceptors (Lipinski definition) is 8. The largest absolute Gasteiger partial charge is 0.493 e. The summed E-state index contributed by atoms with van der Waals surface area (Å²) in [5, 5.41) is 7.59. The van der Waals surface area contributed by atoms with E-state index in [2.05, 4.69) is 35.7 Å². The number of piperidine rings is 1. The van der Waals surface area contributed by atoms with Gasteiger partial charge in [0.2, 0.25) is 17.8 Å². The number of ether oxygens (including phenoxy) is 1. The third-order valence-corrected chi connectivity index (χ3v) is 4.88. The van der Waals surface area contributed by atoms with Crippen molar-refractivity contribution in [3.63, 3.8) is 0 Å². The van der Waals surface area contributed by atoms with Crippen LogP contribution >= 0.6 is 0 Å². The first-order chi connectivity index (χ1) is 15.3. The van der Waals surface area contributed by atoms with Gasteiger partial charge in [-0.3, -0.25) is 0 Å². The van der Waals surface area contributed by atoms with Gasteiger partial charge in [0, 0.05) is 24.3 Å². The zero-order valence-corrected chi connectivity index (χ0v) is 17.7. The summed E-state index contributed by atoms with van der Waals surface area (Å²) in [5.41, 5.74) is 4.75. The highest BCUT2D eigenvalue weighted by molar-refractivity contribution is 5.83. The average Bonchev–Trinajstić information content (AvgIpc) is 2.81. The van der Waals surface area contributed by atoms with Crippen LogP contribution in [0.1, 0.15) is 31.7 Å². The van der Waals surface area contributed by atoms with Gasteiger partial charge < -0.3 is 15.0 Å². The molecule has 1 aromatic heterocycles. The Balaban J connectivity index is 1.56. The number of hydrazone groups is 1. The summed E-state index contributed by atoms with van der Waals surface area (Å²) in [6.45, 7) is 4.44. The predicted molar refractivity (Wildman–Crippen MR) is 124 cm³/mol. The van der Waals surface area contributed by atoms with E-state index >= 15 is 0 Å². The van der Waals surface area contributed by atoms with Gasteiger partial charge in [0.05, 0.1) is 12.8 Å². The molecule has 2 aromatic carbocycles. The summed E-state index contributed by atoms with van der Waals surface area (Å²) in [4.78, 5) is 15.9. The monoisotopic (exact) mass is 417 g/mol. The molecule has 1 saturated heterocycles. The second-order valence-corrected chi connectivity index (χ2v) is 7.16. The van der Waals surface area contributed by atoms with Crippen LogP contribution in [-0.2, 0) is 0 Å². The van der Waals surface area contributed by atoms with E-state index in [4.69, 9.17) is 4.74 Å². The van der Waals surface area contributed by atoms with E-state index in [-0.39, 0.29) is 0 Å². The number of para-hydroxylation sites is 2. The Bertz CT molecular complexity index is 1000. The normalized spacial score (nSPS) is 13.9. The molecule has 1 fully saturated rings. The van der Waals surface area contributed by atoms with Gasteiger partial charge in [-0.25, -0.2) is 5.43 Å². The first-order valence-electron chi connectivity index (χ1n) is 10.7. The molecule has 0 atom stereocenters. The molecular formula is C23H27N7O. The third kappa shape index (κ3) is 5.69. The Labute approximate surface area is 182 Å². The van der Waals surface area contributed by atoms with Crippen molar-refractivity contribution in [1.29, 1.82) is 0 Å². The van der Waals surface area contributed by atoms with Crippen molar-refractivity contribution in [2.75, 3.05) is 35.3 Å². The number of benzene rings is 2. The molecule has 0 bridgehead atoms. The van der Waals surface area contributed by atoms with E-state index in [1.807, 2.05) is 61.5 Å². The van der Waals surface area contributed by atoms with E-state index in [1.165, 1.54) is 6.42 Å². The van der Waals surface area contributed by atoms with Crippen LogP contribution in [-0.4, -0.2) is 40.9 Å². The lowest BCUT2D eigenvalue weighted by Gasteiger charge is -2.26. The fourth-order valence-corrected chi connectivity index (χ4v) is 3.39. The maximum Gasteiger partial charge on any atom is 0.250 e. The van der Waals surface area contributed by atoms with Crippen LogP contribution in [0.3, 0.4) is 0 Å². The molecule has 0 unspecified atom stereocenters. The molecule has 0 radical (unpaired) electrons. The summed E-state index contributed by atoms with van der Waals surface area (Å²) in [6, 6.07) is 17.6. The van der Waals surface area contributed by atoms with Crippen LogP contribution in [0.4, 0.5) is 23.5 Å². The van der Waals surface area contributed by atoms with E-state index < -0.39 is 0 Å². The Morgan fingerprint density at radius 2 is 1.68 bits per heavy atom. The number of hydrogen-bond donors (Lipinski definition) is 2. The molecule has 3 aromatic rings. The first-order valence-corrected chi connectivity index (χ1v) is 10.7. The van der Waals surface area contributed by atoms with E-state index in [1.54, 1.807) is 6.21 Å². The van der Waals surface area contributed by atoms with Crippen molar-refractivity contribution in [1.82, 2.24) is 15.0 Å². The van der Waals surface area contributed by atoms with E-state index in [0.29, 0.717) is 24.5 Å². The molecule has 8 nitrogen and oxygen atoms in total. The van der Waals surface area contributed by atoms with Gasteiger partial charge in [0.25, 0.3) is 0 Å². The minimum Gasteiger partial charge on any atom is -0.493 e. The molecule has 4 rings (SSSR count). The smallest absolute Gasteiger partial charge is 0.250 e. The molecule has 1 aliphatic rings. The van der Waals surface area contributed by atoms with Gasteiger partial charge in [0.1, 0.15) is 5.75 Å². The zero-order valence-electron chi connectivity index (χ0n) is 17.7. The highest BCUT2D eigenvalue weighted by Crippen LogP contribution is 2.21.